The third-order valence-electron chi connectivity index (χ3n) is 5.19. The van der Waals surface area contributed by atoms with Crippen molar-refractivity contribution in [1.29, 1.82) is 0 Å². The van der Waals surface area contributed by atoms with Crippen LogP contribution >= 0.6 is 11.6 Å². The van der Waals surface area contributed by atoms with Gasteiger partial charge in [-0.2, -0.15) is 0 Å². The number of anilines is 1. The molecule has 5 nitrogen and oxygen atoms in total. The van der Waals surface area contributed by atoms with Crippen LogP contribution in [0.5, 0.6) is 0 Å². The minimum absolute atomic E-state index is 0.309. The zero-order valence-corrected chi connectivity index (χ0v) is 11.8. The fourth-order valence-corrected chi connectivity index (χ4v) is 4.52. The number of para-hydroxylation sites is 1. The molecular weight excluding hydrogens is 294 g/mol. The van der Waals surface area contributed by atoms with E-state index in [9.17, 15) is 19.8 Å². The molecule has 2 bridgehead atoms. The minimum Gasteiger partial charge on any atom is -0.390 e. The van der Waals surface area contributed by atoms with Crippen molar-refractivity contribution < 1.29 is 19.8 Å². The van der Waals surface area contributed by atoms with Crippen molar-refractivity contribution in [2.45, 2.75) is 18.6 Å². The van der Waals surface area contributed by atoms with Crippen LogP contribution in [0.15, 0.2) is 24.3 Å². The predicted molar refractivity (Wildman–Crippen MR) is 74.5 cm³/mol. The van der Waals surface area contributed by atoms with E-state index in [1.165, 1.54) is 0 Å². The maximum absolute atomic E-state index is 12.6. The van der Waals surface area contributed by atoms with Gasteiger partial charge in [0.25, 0.3) is 0 Å². The standard InChI is InChI=1S/C15H14ClNO4/c16-8-3-1-2-4-9(8)17-14(20)10-6-5-7(11(10)15(17)21)13(19)12(6)18/h1-4,6-7,10-13,18-19H,5H2/t6-,7+,10+,11-,12-,13+. The SMILES string of the molecule is O=C1[C@@H]2[C@@H]3C[C@@H]([C@@H](O)[C@H]3O)[C@@H]2C(=O)N1c1ccccc1Cl. The Morgan fingerprint density at radius 1 is 1.00 bits per heavy atom. The summed E-state index contributed by atoms with van der Waals surface area (Å²) in [6, 6.07) is 6.71. The van der Waals surface area contributed by atoms with Crippen LogP contribution in [0.2, 0.25) is 5.02 Å². The quantitative estimate of drug-likeness (QED) is 0.753. The van der Waals surface area contributed by atoms with Crippen molar-refractivity contribution in [1.82, 2.24) is 0 Å². The van der Waals surface area contributed by atoms with Crippen molar-refractivity contribution in [3.05, 3.63) is 29.3 Å². The van der Waals surface area contributed by atoms with Gasteiger partial charge in [0.2, 0.25) is 11.8 Å². The highest BCUT2D eigenvalue weighted by molar-refractivity contribution is 6.36. The van der Waals surface area contributed by atoms with Gasteiger partial charge in [-0.3, -0.25) is 9.59 Å². The molecule has 4 rings (SSSR count). The maximum atomic E-state index is 12.6. The van der Waals surface area contributed by atoms with Gasteiger partial charge in [0, 0.05) is 11.8 Å². The summed E-state index contributed by atoms with van der Waals surface area (Å²) in [7, 11) is 0. The normalized spacial score (nSPS) is 41.0. The van der Waals surface area contributed by atoms with Gasteiger partial charge in [0.05, 0.1) is 34.8 Å². The summed E-state index contributed by atoms with van der Waals surface area (Å²) < 4.78 is 0. The lowest BCUT2D eigenvalue weighted by molar-refractivity contribution is -0.129. The Labute approximate surface area is 126 Å². The third kappa shape index (κ3) is 1.54. The molecule has 6 heteroatoms. The van der Waals surface area contributed by atoms with Crippen LogP contribution in [0.1, 0.15) is 6.42 Å². The van der Waals surface area contributed by atoms with Gasteiger partial charge >= 0.3 is 0 Å². The number of amides is 2. The Balaban J connectivity index is 1.77. The molecule has 1 aliphatic heterocycles. The van der Waals surface area contributed by atoms with Crippen LogP contribution in [-0.4, -0.2) is 34.2 Å². The monoisotopic (exact) mass is 307 g/mol. The number of nitrogens with zero attached hydrogens (tertiary/aromatic N) is 1. The van der Waals surface area contributed by atoms with Gasteiger partial charge < -0.3 is 10.2 Å². The van der Waals surface area contributed by atoms with E-state index >= 15 is 0 Å². The van der Waals surface area contributed by atoms with E-state index in [2.05, 4.69) is 0 Å². The number of carbonyl (C=O) groups excluding carboxylic acids is 2. The van der Waals surface area contributed by atoms with Crippen LogP contribution in [0, 0.1) is 23.7 Å². The number of imide groups is 1. The van der Waals surface area contributed by atoms with Crippen LogP contribution in [0.3, 0.4) is 0 Å². The first-order valence-corrected chi connectivity index (χ1v) is 7.38. The van der Waals surface area contributed by atoms with Gasteiger partial charge in [0.15, 0.2) is 0 Å². The Kier molecular flexibility index (Phi) is 2.70. The van der Waals surface area contributed by atoms with Crippen LogP contribution in [0.4, 0.5) is 5.69 Å². The van der Waals surface area contributed by atoms with Crippen molar-refractivity contribution in [3.8, 4) is 0 Å². The summed E-state index contributed by atoms with van der Waals surface area (Å²) >= 11 is 6.09. The molecule has 3 aliphatic rings. The fourth-order valence-electron chi connectivity index (χ4n) is 4.30. The van der Waals surface area contributed by atoms with Crippen LogP contribution < -0.4 is 4.90 Å². The van der Waals surface area contributed by atoms with Crippen LogP contribution in [0.25, 0.3) is 0 Å². The summed E-state index contributed by atoms with van der Waals surface area (Å²) in [6.45, 7) is 0. The van der Waals surface area contributed by atoms with Gasteiger partial charge in [0.1, 0.15) is 0 Å². The highest BCUT2D eigenvalue weighted by atomic mass is 35.5. The molecule has 1 saturated heterocycles. The van der Waals surface area contributed by atoms with Crippen molar-refractivity contribution in [3.63, 3.8) is 0 Å². The molecule has 2 aliphatic carbocycles. The molecule has 0 radical (unpaired) electrons. The minimum atomic E-state index is -0.917. The summed E-state index contributed by atoms with van der Waals surface area (Å²) in [5.41, 5.74) is 0.381. The van der Waals surface area contributed by atoms with E-state index in [0.29, 0.717) is 17.1 Å². The Bertz CT molecular complexity index is 616. The molecule has 21 heavy (non-hydrogen) atoms. The summed E-state index contributed by atoms with van der Waals surface area (Å²) in [6.07, 6.45) is -1.30. The second-order valence-electron chi connectivity index (χ2n) is 6.06. The topological polar surface area (TPSA) is 77.8 Å². The lowest BCUT2D eigenvalue weighted by Crippen LogP contribution is -2.43. The Hall–Kier alpha value is -1.43. The third-order valence-corrected chi connectivity index (χ3v) is 5.51. The summed E-state index contributed by atoms with van der Waals surface area (Å²) in [5.74, 6) is -2.35. The lowest BCUT2D eigenvalue weighted by atomic mass is 9.78. The average molecular weight is 308 g/mol. The van der Waals surface area contributed by atoms with E-state index in [-0.39, 0.29) is 23.7 Å². The molecule has 0 spiro atoms. The number of carbonyl (C=O) groups is 2. The smallest absolute Gasteiger partial charge is 0.238 e. The van der Waals surface area contributed by atoms with E-state index in [1.54, 1.807) is 24.3 Å². The van der Waals surface area contributed by atoms with E-state index in [4.69, 9.17) is 11.6 Å². The second kappa shape index (κ2) is 4.29. The van der Waals surface area contributed by atoms with Gasteiger partial charge in [-0.1, -0.05) is 23.7 Å². The largest absolute Gasteiger partial charge is 0.390 e. The molecule has 1 aromatic carbocycles. The number of hydrogen-bond acceptors (Lipinski definition) is 4. The molecule has 6 atom stereocenters. The first kappa shape index (κ1) is 13.2. The molecule has 2 N–H and O–H groups in total. The van der Waals surface area contributed by atoms with Gasteiger partial charge in [-0.05, 0) is 18.6 Å². The number of rotatable bonds is 1. The lowest BCUT2D eigenvalue weighted by Gasteiger charge is -2.29. The summed E-state index contributed by atoms with van der Waals surface area (Å²) in [5, 5.41) is 20.3. The van der Waals surface area contributed by atoms with Crippen molar-refractivity contribution in [2.75, 3.05) is 4.90 Å². The molecule has 3 fully saturated rings. The number of fused-ring (bicyclic) bond motifs is 5. The van der Waals surface area contributed by atoms with Gasteiger partial charge in [-0.25, -0.2) is 4.90 Å². The number of aliphatic hydroxyl groups excluding tert-OH is 2. The van der Waals surface area contributed by atoms with Gasteiger partial charge in [-0.15, -0.1) is 0 Å². The molecule has 2 amide bonds. The predicted octanol–water partition coefficient (Wildman–Crippen LogP) is 0.817. The first-order valence-electron chi connectivity index (χ1n) is 7.01. The highest BCUT2D eigenvalue weighted by Gasteiger charge is 2.67. The zero-order valence-electron chi connectivity index (χ0n) is 11.0. The zero-order chi connectivity index (χ0) is 14.9. The molecular formula is C15H14ClNO4. The number of benzene rings is 1. The summed E-state index contributed by atoms with van der Waals surface area (Å²) in [4.78, 5) is 26.4. The van der Waals surface area contributed by atoms with Crippen molar-refractivity contribution >= 4 is 29.1 Å². The molecule has 1 aromatic rings. The Morgan fingerprint density at radius 2 is 1.52 bits per heavy atom. The molecule has 0 aromatic heterocycles. The van der Waals surface area contributed by atoms with Crippen LogP contribution in [-0.2, 0) is 9.59 Å². The number of hydrogen-bond donors (Lipinski definition) is 2. The fraction of sp³-hybridized carbons (Fsp3) is 0.467. The first-order chi connectivity index (χ1) is 10.0. The second-order valence-corrected chi connectivity index (χ2v) is 6.47. The van der Waals surface area contributed by atoms with E-state index < -0.39 is 24.0 Å². The molecule has 2 saturated carbocycles. The molecule has 0 unspecified atom stereocenters. The van der Waals surface area contributed by atoms with Crippen molar-refractivity contribution in [2.24, 2.45) is 23.7 Å². The Morgan fingerprint density at radius 3 is 2.05 bits per heavy atom. The number of aliphatic hydroxyl groups is 2. The highest BCUT2D eigenvalue weighted by Crippen LogP contribution is 2.57. The molecule has 110 valence electrons. The van der Waals surface area contributed by atoms with E-state index in [1.807, 2.05) is 0 Å². The average Bonchev–Trinajstić information content (AvgIpc) is 3.06. The molecule has 1 heterocycles. The number of halogens is 1. The van der Waals surface area contributed by atoms with E-state index in [0.717, 1.165) is 4.90 Å². The maximum Gasteiger partial charge on any atom is 0.238 e.